The molecule has 0 unspecified atom stereocenters. The number of amides is 2. The van der Waals surface area contributed by atoms with Crippen LogP contribution < -0.4 is 21.1 Å². The van der Waals surface area contributed by atoms with Crippen LogP contribution in [0.1, 0.15) is 83.0 Å². The topological polar surface area (TPSA) is 133 Å². The average Bonchev–Trinajstić information content (AvgIpc) is 3.44. The smallest absolute Gasteiger partial charge is 0.357 e. The highest BCUT2D eigenvalue weighted by molar-refractivity contribution is 7.13. The molecule has 246 valence electrons. The lowest BCUT2D eigenvalue weighted by Gasteiger charge is -2.22. The first-order valence-corrected chi connectivity index (χ1v) is 16.8. The van der Waals surface area contributed by atoms with Crippen LogP contribution in [0, 0.1) is 11.8 Å². The maximum absolute atomic E-state index is 14.0. The standard InChI is InChI=1S/C37H42N4O5S/c1-21(2)16-26(17-22(3)4)40-36(43)31-11-10-27(33(41-31)37(44)45-5)28-19-32-30(34-24(12-14-46-32)13-15-47-34)18-29(28)35(42)39-25-8-6-23(20-38)7-9-25/h6-11,13,15,18-19,21-22,26H,12,14,16-17,20,38H2,1-5H3,(H,39,42)(H,40,43). The van der Waals surface area contributed by atoms with Gasteiger partial charge in [-0.05, 0) is 83.6 Å². The number of fused-ring (bicyclic) bond motifs is 3. The van der Waals surface area contributed by atoms with Crippen molar-refractivity contribution in [3.8, 4) is 27.3 Å². The Morgan fingerprint density at radius 3 is 2.32 bits per heavy atom. The van der Waals surface area contributed by atoms with Gasteiger partial charge in [-0.25, -0.2) is 9.78 Å². The number of hydrogen-bond donors (Lipinski definition) is 3. The molecule has 0 saturated heterocycles. The number of ether oxygens (including phenoxy) is 2. The zero-order valence-electron chi connectivity index (χ0n) is 27.5. The number of benzene rings is 2. The molecule has 4 N–H and O–H groups in total. The maximum Gasteiger partial charge on any atom is 0.357 e. The van der Waals surface area contributed by atoms with Crippen molar-refractivity contribution in [2.45, 2.75) is 59.5 Å². The van der Waals surface area contributed by atoms with Crippen molar-refractivity contribution in [1.82, 2.24) is 10.3 Å². The number of methoxy groups -OCH3 is 1. The van der Waals surface area contributed by atoms with Crippen molar-refractivity contribution in [3.63, 3.8) is 0 Å². The number of thiophene rings is 1. The van der Waals surface area contributed by atoms with Crippen molar-refractivity contribution >= 4 is 34.8 Å². The fraction of sp³-hybridized carbons (Fsp3) is 0.351. The van der Waals surface area contributed by atoms with Crippen LogP contribution in [0.3, 0.4) is 0 Å². The summed E-state index contributed by atoms with van der Waals surface area (Å²) in [6.07, 6.45) is 2.37. The Balaban J connectivity index is 1.60. The number of pyridine rings is 1. The van der Waals surface area contributed by atoms with Gasteiger partial charge in [0.2, 0.25) is 0 Å². The summed E-state index contributed by atoms with van der Waals surface area (Å²) in [6, 6.07) is 16.1. The molecule has 0 bridgehead atoms. The number of esters is 1. The molecule has 2 amide bonds. The van der Waals surface area contributed by atoms with Crippen LogP contribution in [0.2, 0.25) is 0 Å². The summed E-state index contributed by atoms with van der Waals surface area (Å²) >= 11 is 1.59. The molecule has 0 fully saturated rings. The number of nitrogens with zero attached hydrogens (tertiary/aromatic N) is 1. The summed E-state index contributed by atoms with van der Waals surface area (Å²) in [5, 5.41) is 8.13. The molecule has 0 saturated carbocycles. The van der Waals surface area contributed by atoms with E-state index in [1.165, 1.54) is 7.11 Å². The summed E-state index contributed by atoms with van der Waals surface area (Å²) in [6.45, 7) is 9.33. The molecule has 2 aromatic heterocycles. The summed E-state index contributed by atoms with van der Waals surface area (Å²) in [4.78, 5) is 46.3. The lowest BCUT2D eigenvalue weighted by atomic mass is 9.93. The molecule has 1 aliphatic heterocycles. The van der Waals surface area contributed by atoms with Gasteiger partial charge in [0.25, 0.3) is 11.8 Å². The second-order valence-electron chi connectivity index (χ2n) is 12.6. The van der Waals surface area contributed by atoms with Gasteiger partial charge in [0, 0.05) is 51.8 Å². The van der Waals surface area contributed by atoms with Gasteiger partial charge in [-0.1, -0.05) is 39.8 Å². The molecule has 0 atom stereocenters. The van der Waals surface area contributed by atoms with Gasteiger partial charge in [0.15, 0.2) is 5.69 Å². The monoisotopic (exact) mass is 654 g/mol. The summed E-state index contributed by atoms with van der Waals surface area (Å²) < 4.78 is 11.3. The second-order valence-corrected chi connectivity index (χ2v) is 13.6. The van der Waals surface area contributed by atoms with Gasteiger partial charge in [-0.2, -0.15) is 0 Å². The number of aromatic nitrogens is 1. The van der Waals surface area contributed by atoms with Crippen molar-refractivity contribution in [2.24, 2.45) is 17.6 Å². The Hall–Kier alpha value is -4.54. The predicted octanol–water partition coefficient (Wildman–Crippen LogP) is 7.10. The molecule has 0 spiro atoms. The van der Waals surface area contributed by atoms with E-state index >= 15 is 0 Å². The van der Waals surface area contributed by atoms with E-state index in [0.717, 1.165) is 40.8 Å². The summed E-state index contributed by atoms with van der Waals surface area (Å²) in [5.74, 6) is -0.104. The number of hydrogen-bond acceptors (Lipinski definition) is 8. The predicted molar refractivity (Wildman–Crippen MR) is 186 cm³/mol. The van der Waals surface area contributed by atoms with Crippen molar-refractivity contribution in [3.05, 3.63) is 88.1 Å². The van der Waals surface area contributed by atoms with Gasteiger partial charge in [-0.3, -0.25) is 9.59 Å². The lowest BCUT2D eigenvalue weighted by Crippen LogP contribution is -2.37. The summed E-state index contributed by atoms with van der Waals surface area (Å²) in [7, 11) is 1.26. The number of nitrogens with one attached hydrogen (secondary N) is 2. The Labute approximate surface area is 279 Å². The fourth-order valence-electron chi connectivity index (χ4n) is 5.92. The van der Waals surface area contributed by atoms with Gasteiger partial charge < -0.3 is 25.8 Å². The molecule has 3 heterocycles. The van der Waals surface area contributed by atoms with E-state index in [1.54, 1.807) is 47.7 Å². The molecule has 2 aromatic carbocycles. The minimum atomic E-state index is -0.726. The molecular formula is C37H42N4O5S. The molecule has 5 rings (SSSR count). The number of carbonyl (C=O) groups excluding carboxylic acids is 3. The zero-order chi connectivity index (χ0) is 33.7. The van der Waals surface area contributed by atoms with E-state index in [4.69, 9.17) is 15.2 Å². The third-order valence-corrected chi connectivity index (χ3v) is 9.07. The zero-order valence-corrected chi connectivity index (χ0v) is 28.3. The molecule has 0 aliphatic carbocycles. The molecule has 47 heavy (non-hydrogen) atoms. The number of rotatable bonds is 11. The molecule has 4 aromatic rings. The SMILES string of the molecule is COC(=O)c1nc(C(=O)NC(CC(C)C)CC(C)C)ccc1-c1cc2c(cc1C(=O)Nc1ccc(CN)cc1)-c1sccc1CCO2. The normalized spacial score (nSPS) is 12.3. The molecular weight excluding hydrogens is 612 g/mol. The van der Waals surface area contributed by atoms with Gasteiger partial charge in [0.05, 0.1) is 13.7 Å². The Bertz CT molecular complexity index is 1750. The highest BCUT2D eigenvalue weighted by atomic mass is 32.1. The van der Waals surface area contributed by atoms with Crippen molar-refractivity contribution in [2.75, 3.05) is 19.0 Å². The number of anilines is 1. The van der Waals surface area contributed by atoms with E-state index < -0.39 is 5.97 Å². The minimum Gasteiger partial charge on any atom is -0.493 e. The van der Waals surface area contributed by atoms with Crippen LogP contribution in [0.5, 0.6) is 5.75 Å². The first-order valence-electron chi connectivity index (χ1n) is 16.0. The Morgan fingerprint density at radius 2 is 1.66 bits per heavy atom. The molecule has 0 radical (unpaired) electrons. The first kappa shape index (κ1) is 33.8. The van der Waals surface area contributed by atoms with Gasteiger partial charge in [-0.15, -0.1) is 11.3 Å². The van der Waals surface area contributed by atoms with Crippen LogP contribution in [0.25, 0.3) is 21.6 Å². The number of nitrogens with two attached hydrogens (primary N) is 1. The van der Waals surface area contributed by atoms with Gasteiger partial charge in [0.1, 0.15) is 11.4 Å². The van der Waals surface area contributed by atoms with E-state index in [9.17, 15) is 14.4 Å². The largest absolute Gasteiger partial charge is 0.493 e. The van der Waals surface area contributed by atoms with Crippen LogP contribution in [-0.2, 0) is 17.7 Å². The van der Waals surface area contributed by atoms with Crippen LogP contribution in [0.4, 0.5) is 5.69 Å². The van der Waals surface area contributed by atoms with Crippen LogP contribution >= 0.6 is 11.3 Å². The Kier molecular flexibility index (Phi) is 10.7. The van der Waals surface area contributed by atoms with Crippen molar-refractivity contribution < 1.29 is 23.9 Å². The highest BCUT2D eigenvalue weighted by Gasteiger charge is 2.27. The quantitative estimate of drug-likeness (QED) is 0.147. The summed E-state index contributed by atoms with van der Waals surface area (Å²) in [5.41, 5.74) is 10.3. The van der Waals surface area contributed by atoms with E-state index in [2.05, 4.69) is 49.4 Å². The average molecular weight is 655 g/mol. The van der Waals surface area contributed by atoms with Gasteiger partial charge >= 0.3 is 5.97 Å². The first-order chi connectivity index (χ1) is 22.6. The van der Waals surface area contributed by atoms with E-state index in [-0.39, 0.29) is 29.2 Å². The highest BCUT2D eigenvalue weighted by Crippen LogP contribution is 2.43. The second kappa shape index (κ2) is 14.9. The lowest BCUT2D eigenvalue weighted by molar-refractivity contribution is 0.0594. The van der Waals surface area contributed by atoms with E-state index in [1.807, 2.05) is 17.5 Å². The van der Waals surface area contributed by atoms with E-state index in [0.29, 0.717) is 53.1 Å². The fourth-order valence-corrected chi connectivity index (χ4v) is 6.89. The number of carbonyl (C=O) groups is 3. The molecule has 1 aliphatic rings. The van der Waals surface area contributed by atoms with Crippen LogP contribution in [0.15, 0.2) is 60.0 Å². The third kappa shape index (κ3) is 7.89. The maximum atomic E-state index is 14.0. The molecule has 10 heteroatoms. The molecule has 9 nitrogen and oxygen atoms in total. The van der Waals surface area contributed by atoms with Crippen LogP contribution in [-0.4, -0.2) is 42.5 Å². The minimum absolute atomic E-state index is 0.0383. The van der Waals surface area contributed by atoms with Crippen molar-refractivity contribution in [1.29, 1.82) is 0 Å². The third-order valence-electron chi connectivity index (χ3n) is 8.08. The Morgan fingerprint density at radius 1 is 0.936 bits per heavy atom.